The Morgan fingerprint density at radius 1 is 1.36 bits per heavy atom. The molecule has 0 fully saturated rings. The highest BCUT2D eigenvalue weighted by atomic mass is 16.3. The first kappa shape index (κ1) is 9.03. The quantitative estimate of drug-likeness (QED) is 0.733. The average molecular weight is 187 g/mol. The fourth-order valence-electron chi connectivity index (χ4n) is 1.76. The standard InChI is InChI=1S/C12H13NO/c1-2-7-13-8-6-10-4-3-5-11(9-14)12(10)13/h2-6,8,14H,1,7,9H2. The molecule has 2 heteroatoms. The van der Waals surface area contributed by atoms with Crippen LogP contribution in [0.25, 0.3) is 10.9 Å². The fourth-order valence-corrected chi connectivity index (χ4v) is 1.76. The monoisotopic (exact) mass is 187 g/mol. The van der Waals surface area contributed by atoms with Gasteiger partial charge in [-0.3, -0.25) is 0 Å². The third kappa shape index (κ3) is 1.34. The minimum atomic E-state index is 0.0818. The SMILES string of the molecule is C=CCn1ccc2cccc(CO)c21. The van der Waals surface area contributed by atoms with E-state index in [-0.39, 0.29) is 6.61 Å². The van der Waals surface area contributed by atoms with E-state index < -0.39 is 0 Å². The molecule has 0 aliphatic heterocycles. The van der Waals surface area contributed by atoms with Gasteiger partial charge in [-0.05, 0) is 11.5 Å². The molecular formula is C12H13NO. The molecule has 1 aromatic carbocycles. The van der Waals surface area contributed by atoms with Crippen LogP contribution in [0.5, 0.6) is 0 Å². The Labute approximate surface area is 83.1 Å². The molecule has 0 bridgehead atoms. The van der Waals surface area contributed by atoms with Gasteiger partial charge in [-0.2, -0.15) is 0 Å². The van der Waals surface area contributed by atoms with E-state index in [0.717, 1.165) is 17.6 Å². The molecule has 0 atom stereocenters. The van der Waals surface area contributed by atoms with Gasteiger partial charge >= 0.3 is 0 Å². The molecule has 0 saturated heterocycles. The Hall–Kier alpha value is -1.54. The lowest BCUT2D eigenvalue weighted by Gasteiger charge is -2.05. The van der Waals surface area contributed by atoms with Crippen LogP contribution in [0.1, 0.15) is 5.56 Å². The number of hydrogen-bond acceptors (Lipinski definition) is 1. The molecule has 1 heterocycles. The first-order valence-corrected chi connectivity index (χ1v) is 4.65. The van der Waals surface area contributed by atoms with Crippen LogP contribution in [0.15, 0.2) is 43.1 Å². The number of benzene rings is 1. The first-order valence-electron chi connectivity index (χ1n) is 4.65. The molecule has 2 rings (SSSR count). The zero-order chi connectivity index (χ0) is 9.97. The van der Waals surface area contributed by atoms with Crippen LogP contribution in [0.2, 0.25) is 0 Å². The largest absolute Gasteiger partial charge is 0.392 e. The van der Waals surface area contributed by atoms with Gasteiger partial charge in [0.15, 0.2) is 0 Å². The third-order valence-electron chi connectivity index (χ3n) is 2.37. The molecule has 72 valence electrons. The summed E-state index contributed by atoms with van der Waals surface area (Å²) in [6.45, 7) is 4.57. The van der Waals surface area contributed by atoms with Crippen LogP contribution >= 0.6 is 0 Å². The minimum Gasteiger partial charge on any atom is -0.392 e. The molecule has 1 aromatic heterocycles. The summed E-state index contributed by atoms with van der Waals surface area (Å²) in [5, 5.41) is 10.4. The van der Waals surface area contributed by atoms with Crippen molar-refractivity contribution in [3.8, 4) is 0 Å². The highest BCUT2D eigenvalue weighted by Crippen LogP contribution is 2.20. The van der Waals surface area contributed by atoms with E-state index in [0.29, 0.717) is 0 Å². The van der Waals surface area contributed by atoms with Gasteiger partial charge in [-0.1, -0.05) is 24.3 Å². The summed E-state index contributed by atoms with van der Waals surface area (Å²) in [4.78, 5) is 0. The molecule has 2 nitrogen and oxygen atoms in total. The van der Waals surface area contributed by atoms with Gasteiger partial charge in [0.05, 0.1) is 12.1 Å². The zero-order valence-electron chi connectivity index (χ0n) is 7.98. The van der Waals surface area contributed by atoms with Crippen LogP contribution in [-0.2, 0) is 13.2 Å². The number of allylic oxidation sites excluding steroid dienone is 1. The van der Waals surface area contributed by atoms with Crippen LogP contribution in [0, 0.1) is 0 Å². The summed E-state index contributed by atoms with van der Waals surface area (Å²) >= 11 is 0. The first-order chi connectivity index (χ1) is 6.86. The third-order valence-corrected chi connectivity index (χ3v) is 2.37. The molecule has 0 unspecified atom stereocenters. The molecule has 1 N–H and O–H groups in total. The summed E-state index contributed by atoms with van der Waals surface area (Å²) in [7, 11) is 0. The predicted molar refractivity (Wildman–Crippen MR) is 58.1 cm³/mol. The smallest absolute Gasteiger partial charge is 0.0702 e. The van der Waals surface area contributed by atoms with Gasteiger partial charge in [0.1, 0.15) is 0 Å². The molecule has 0 spiro atoms. The topological polar surface area (TPSA) is 25.2 Å². The average Bonchev–Trinajstić information content (AvgIpc) is 2.62. The Kier molecular flexibility index (Phi) is 2.37. The maximum atomic E-state index is 9.21. The minimum absolute atomic E-state index is 0.0818. The second-order valence-electron chi connectivity index (χ2n) is 3.27. The normalized spacial score (nSPS) is 10.6. The molecule has 14 heavy (non-hydrogen) atoms. The van der Waals surface area contributed by atoms with E-state index >= 15 is 0 Å². The number of nitrogens with zero attached hydrogens (tertiary/aromatic N) is 1. The maximum absolute atomic E-state index is 9.21. The van der Waals surface area contributed by atoms with Crippen LogP contribution < -0.4 is 0 Å². The lowest BCUT2D eigenvalue weighted by molar-refractivity contribution is 0.283. The van der Waals surface area contributed by atoms with Crippen molar-refractivity contribution < 1.29 is 5.11 Å². The van der Waals surface area contributed by atoms with Crippen molar-refractivity contribution in [3.05, 3.63) is 48.7 Å². The summed E-state index contributed by atoms with van der Waals surface area (Å²) in [5.74, 6) is 0. The summed E-state index contributed by atoms with van der Waals surface area (Å²) in [6, 6.07) is 8.01. The molecule has 2 aromatic rings. The van der Waals surface area contributed by atoms with Crippen molar-refractivity contribution in [2.24, 2.45) is 0 Å². The molecule has 0 saturated carbocycles. The second kappa shape index (κ2) is 3.68. The number of aromatic nitrogens is 1. The maximum Gasteiger partial charge on any atom is 0.0702 e. The van der Waals surface area contributed by atoms with Crippen molar-refractivity contribution in [1.29, 1.82) is 0 Å². The Morgan fingerprint density at radius 2 is 2.21 bits per heavy atom. The number of rotatable bonds is 3. The van der Waals surface area contributed by atoms with Crippen LogP contribution in [0.4, 0.5) is 0 Å². The van der Waals surface area contributed by atoms with Gasteiger partial charge < -0.3 is 9.67 Å². The lowest BCUT2D eigenvalue weighted by Crippen LogP contribution is -1.96. The second-order valence-corrected chi connectivity index (χ2v) is 3.27. The van der Waals surface area contributed by atoms with E-state index in [9.17, 15) is 5.11 Å². The Balaban J connectivity index is 2.67. The molecule has 0 radical (unpaired) electrons. The Morgan fingerprint density at radius 3 is 2.93 bits per heavy atom. The van der Waals surface area contributed by atoms with E-state index in [1.807, 2.05) is 30.5 Å². The van der Waals surface area contributed by atoms with E-state index in [1.54, 1.807) is 0 Å². The fraction of sp³-hybridized carbons (Fsp3) is 0.167. The highest BCUT2D eigenvalue weighted by molar-refractivity contribution is 5.83. The number of aliphatic hydroxyl groups is 1. The van der Waals surface area contributed by atoms with Gasteiger partial charge in [0, 0.05) is 18.3 Å². The van der Waals surface area contributed by atoms with E-state index in [1.165, 1.54) is 5.39 Å². The van der Waals surface area contributed by atoms with Gasteiger partial charge in [-0.15, -0.1) is 6.58 Å². The Bertz CT molecular complexity index is 456. The van der Waals surface area contributed by atoms with Crippen molar-refractivity contribution in [2.75, 3.05) is 0 Å². The van der Waals surface area contributed by atoms with Gasteiger partial charge in [0.2, 0.25) is 0 Å². The van der Waals surface area contributed by atoms with Crippen molar-refractivity contribution >= 4 is 10.9 Å². The summed E-state index contributed by atoms with van der Waals surface area (Å²) in [6.07, 6.45) is 3.87. The van der Waals surface area contributed by atoms with Crippen molar-refractivity contribution in [3.63, 3.8) is 0 Å². The number of para-hydroxylation sites is 1. The van der Waals surface area contributed by atoms with Gasteiger partial charge in [0.25, 0.3) is 0 Å². The van der Waals surface area contributed by atoms with Crippen molar-refractivity contribution in [1.82, 2.24) is 4.57 Å². The van der Waals surface area contributed by atoms with Crippen LogP contribution in [0.3, 0.4) is 0 Å². The van der Waals surface area contributed by atoms with E-state index in [4.69, 9.17) is 0 Å². The summed E-state index contributed by atoms with van der Waals surface area (Å²) < 4.78 is 2.09. The molecule has 0 amide bonds. The van der Waals surface area contributed by atoms with Crippen molar-refractivity contribution in [2.45, 2.75) is 13.2 Å². The number of fused-ring (bicyclic) bond motifs is 1. The number of hydrogen-bond donors (Lipinski definition) is 1. The molecular weight excluding hydrogens is 174 g/mol. The molecule has 0 aliphatic rings. The number of aliphatic hydroxyl groups excluding tert-OH is 1. The predicted octanol–water partition coefficient (Wildman–Crippen LogP) is 2.32. The summed E-state index contributed by atoms with van der Waals surface area (Å²) in [5.41, 5.74) is 2.07. The highest BCUT2D eigenvalue weighted by Gasteiger charge is 2.03. The lowest BCUT2D eigenvalue weighted by atomic mass is 10.1. The van der Waals surface area contributed by atoms with E-state index in [2.05, 4.69) is 17.2 Å². The molecule has 0 aliphatic carbocycles. The van der Waals surface area contributed by atoms with Crippen LogP contribution in [-0.4, -0.2) is 9.67 Å². The van der Waals surface area contributed by atoms with Gasteiger partial charge in [-0.25, -0.2) is 0 Å². The zero-order valence-corrected chi connectivity index (χ0v) is 7.98.